The molecule has 6 rings (SSSR count). The van der Waals surface area contributed by atoms with Gasteiger partial charge in [-0.2, -0.15) is 9.97 Å². The van der Waals surface area contributed by atoms with Gasteiger partial charge < -0.3 is 31.5 Å². The first-order chi connectivity index (χ1) is 24.1. The maximum atomic E-state index is 15.2. The fourth-order valence-corrected chi connectivity index (χ4v) is 5.99. The number of aliphatic imine (C=N–C) groups is 1. The number of aryl methyl sites for hydroxylation is 1. The van der Waals surface area contributed by atoms with Gasteiger partial charge in [0.2, 0.25) is 0 Å². The summed E-state index contributed by atoms with van der Waals surface area (Å²) in [6.45, 7) is 5.86. The van der Waals surface area contributed by atoms with Crippen molar-refractivity contribution in [1.29, 1.82) is 0 Å². The van der Waals surface area contributed by atoms with Crippen molar-refractivity contribution in [1.82, 2.24) is 29.8 Å². The number of nitrogens with one attached hydrogen (secondary N) is 3. The average molecular weight is 699 g/mol. The van der Waals surface area contributed by atoms with Crippen molar-refractivity contribution in [3.8, 4) is 16.9 Å². The van der Waals surface area contributed by atoms with Crippen LogP contribution in [-0.4, -0.2) is 49.6 Å². The highest BCUT2D eigenvalue weighted by Crippen LogP contribution is 2.31. The average Bonchev–Trinajstić information content (AvgIpc) is 3.70. The summed E-state index contributed by atoms with van der Waals surface area (Å²) in [6.07, 6.45) is 8.52. The Morgan fingerprint density at radius 2 is 1.92 bits per heavy atom. The molecule has 0 aliphatic carbocycles. The Kier molecular flexibility index (Phi) is 10.7. The number of benzene rings is 2. The summed E-state index contributed by atoms with van der Waals surface area (Å²) in [5, 5.41) is 7.51. The number of hydrogen-bond donors (Lipinski definition) is 5. The van der Waals surface area contributed by atoms with E-state index in [0.717, 1.165) is 30.4 Å². The van der Waals surface area contributed by atoms with Crippen LogP contribution >= 0.6 is 11.6 Å². The van der Waals surface area contributed by atoms with E-state index < -0.39 is 11.5 Å². The Hall–Kier alpha value is -5.27. The highest BCUT2D eigenvalue weighted by molar-refractivity contribution is 6.31. The first-order valence-electron chi connectivity index (χ1n) is 16.6. The zero-order valence-corrected chi connectivity index (χ0v) is 28.7. The Morgan fingerprint density at radius 3 is 2.68 bits per heavy atom. The van der Waals surface area contributed by atoms with Crippen molar-refractivity contribution in [2.75, 3.05) is 18.4 Å². The molecular formula is C36H40ClFN10O2. The summed E-state index contributed by atoms with van der Waals surface area (Å²) in [7, 11) is 0. The molecule has 6 aromatic rings. The summed E-state index contributed by atoms with van der Waals surface area (Å²) in [5.41, 5.74) is 15.8. The number of rotatable bonds is 15. The third-order valence-corrected chi connectivity index (χ3v) is 8.68. The third-order valence-electron chi connectivity index (χ3n) is 8.40. The lowest BCUT2D eigenvalue weighted by atomic mass is 10.00. The number of H-pyrrole nitrogens is 1. The van der Waals surface area contributed by atoms with Crippen LogP contribution < -0.4 is 27.8 Å². The molecule has 0 fully saturated rings. The third kappa shape index (κ3) is 8.47. The summed E-state index contributed by atoms with van der Waals surface area (Å²) >= 11 is 6.29. The van der Waals surface area contributed by atoms with Gasteiger partial charge >= 0.3 is 5.69 Å². The van der Waals surface area contributed by atoms with Gasteiger partial charge in [0, 0.05) is 55.1 Å². The Bertz CT molecular complexity index is 2140. The van der Waals surface area contributed by atoms with Gasteiger partial charge in [-0.1, -0.05) is 44.0 Å². The van der Waals surface area contributed by atoms with Crippen LogP contribution in [0.4, 0.5) is 10.4 Å². The van der Waals surface area contributed by atoms with Crippen molar-refractivity contribution in [2.45, 2.75) is 52.1 Å². The second-order valence-electron chi connectivity index (χ2n) is 12.7. The molecule has 260 valence electrons. The van der Waals surface area contributed by atoms with Gasteiger partial charge in [0.15, 0.2) is 17.4 Å². The summed E-state index contributed by atoms with van der Waals surface area (Å²) in [6, 6.07) is 15.0. The summed E-state index contributed by atoms with van der Waals surface area (Å²) in [5.74, 6) is 0.115. The highest BCUT2D eigenvalue weighted by atomic mass is 35.5. The molecule has 0 unspecified atom stereocenters. The van der Waals surface area contributed by atoms with E-state index in [1.54, 1.807) is 36.8 Å². The molecule has 0 saturated heterocycles. The quantitative estimate of drug-likeness (QED) is 0.0643. The van der Waals surface area contributed by atoms with Crippen LogP contribution in [0.5, 0.6) is 0 Å². The number of hydrogen-bond acceptors (Lipinski definition) is 8. The topological polar surface area (TPSA) is 178 Å². The van der Waals surface area contributed by atoms with Crippen LogP contribution in [-0.2, 0) is 13.0 Å². The second kappa shape index (κ2) is 15.5. The number of anilines is 1. The SMILES string of the molecule is CC(C)CCCc1cc(Cl)c(F)c(-c2cc3cn(-c4ccc(CN[C@H](CCN=C(N)N)CNc5nc6cnccc6o5)cc4)c(=O)nc3[nH]2)c1. The normalized spacial score (nSPS) is 12.2. The fourth-order valence-electron chi connectivity index (χ4n) is 5.75. The Labute approximate surface area is 293 Å². The molecule has 0 aliphatic heterocycles. The largest absolute Gasteiger partial charge is 0.423 e. The number of nitrogens with two attached hydrogens (primary N) is 2. The molecule has 0 bridgehead atoms. The molecule has 50 heavy (non-hydrogen) atoms. The lowest BCUT2D eigenvalue weighted by Crippen LogP contribution is -2.36. The predicted molar refractivity (Wildman–Crippen MR) is 196 cm³/mol. The van der Waals surface area contributed by atoms with E-state index in [9.17, 15) is 4.79 Å². The lowest BCUT2D eigenvalue weighted by molar-refractivity contribution is 0.495. The number of guanidine groups is 1. The molecule has 4 heterocycles. The molecule has 0 aliphatic rings. The Morgan fingerprint density at radius 1 is 1.10 bits per heavy atom. The first-order valence-corrected chi connectivity index (χ1v) is 16.9. The van der Waals surface area contributed by atoms with E-state index in [1.165, 1.54) is 4.57 Å². The number of pyridine rings is 1. The molecule has 0 amide bonds. The van der Waals surface area contributed by atoms with E-state index in [4.69, 9.17) is 27.5 Å². The van der Waals surface area contributed by atoms with Crippen LogP contribution in [0.2, 0.25) is 5.02 Å². The zero-order valence-electron chi connectivity index (χ0n) is 27.9. The maximum Gasteiger partial charge on any atom is 0.354 e. The predicted octanol–water partition coefficient (Wildman–Crippen LogP) is 5.92. The standard InChI is InChI=1S/C36H40ClFN10O2/c1-21(2)4-3-5-23-14-27(32(38)28(37)15-23)29-16-24-20-48(36(49)47-33(24)45-29)26-8-6-22(7-9-26)17-43-25(10-13-42-34(39)40)18-44-35-46-30-19-41-12-11-31(30)50-35/h6-9,11-12,14-16,19-21,25,43H,3-5,10,13,17-18H2,1-2H3,(H,44,46)(H4,39,40,42)(H,45,47,49)/t25-/m1/s1. The van der Waals surface area contributed by atoms with Crippen LogP contribution in [0.15, 0.2) is 81.3 Å². The number of oxazole rings is 1. The number of fused-ring (bicyclic) bond motifs is 2. The molecule has 12 nitrogen and oxygen atoms in total. The Balaban J connectivity index is 1.15. The van der Waals surface area contributed by atoms with Crippen molar-refractivity contribution < 1.29 is 8.81 Å². The molecule has 0 spiro atoms. The van der Waals surface area contributed by atoms with Crippen molar-refractivity contribution in [2.24, 2.45) is 22.4 Å². The molecule has 0 radical (unpaired) electrons. The number of aromatic nitrogens is 5. The lowest BCUT2D eigenvalue weighted by Gasteiger charge is -2.18. The van der Waals surface area contributed by atoms with Crippen LogP contribution in [0.1, 0.15) is 44.2 Å². The van der Waals surface area contributed by atoms with E-state index in [2.05, 4.69) is 49.4 Å². The minimum absolute atomic E-state index is 0.0246. The summed E-state index contributed by atoms with van der Waals surface area (Å²) in [4.78, 5) is 33.1. The minimum Gasteiger partial charge on any atom is -0.423 e. The smallest absolute Gasteiger partial charge is 0.354 e. The molecule has 2 aromatic carbocycles. The van der Waals surface area contributed by atoms with E-state index in [1.807, 2.05) is 30.3 Å². The van der Waals surface area contributed by atoms with Crippen molar-refractivity contribution >= 4 is 45.7 Å². The molecular weight excluding hydrogens is 659 g/mol. The zero-order chi connectivity index (χ0) is 35.2. The monoisotopic (exact) mass is 698 g/mol. The fraction of sp³-hybridized carbons (Fsp3) is 0.306. The van der Waals surface area contributed by atoms with Crippen LogP contribution in [0, 0.1) is 11.7 Å². The van der Waals surface area contributed by atoms with Gasteiger partial charge in [-0.05, 0) is 66.6 Å². The van der Waals surface area contributed by atoms with Crippen LogP contribution in [0.3, 0.4) is 0 Å². The molecule has 0 saturated carbocycles. The number of halogens is 2. The van der Waals surface area contributed by atoms with E-state index in [0.29, 0.717) is 77.1 Å². The van der Waals surface area contributed by atoms with Gasteiger partial charge in [0.1, 0.15) is 11.2 Å². The molecule has 14 heteroatoms. The number of nitrogens with zero attached hydrogens (tertiary/aromatic N) is 5. The van der Waals surface area contributed by atoms with Gasteiger partial charge in [-0.25, -0.2) is 9.18 Å². The van der Waals surface area contributed by atoms with Crippen molar-refractivity contribution in [3.63, 3.8) is 0 Å². The second-order valence-corrected chi connectivity index (χ2v) is 13.1. The van der Waals surface area contributed by atoms with Crippen LogP contribution in [0.25, 0.3) is 39.1 Å². The maximum absolute atomic E-state index is 15.2. The molecule has 4 aromatic heterocycles. The van der Waals surface area contributed by atoms with Gasteiger partial charge in [-0.15, -0.1) is 0 Å². The molecule has 7 N–H and O–H groups in total. The molecule has 1 atom stereocenters. The summed E-state index contributed by atoms with van der Waals surface area (Å²) < 4.78 is 22.4. The van der Waals surface area contributed by atoms with Gasteiger partial charge in [0.25, 0.3) is 6.01 Å². The first kappa shape index (κ1) is 34.6. The van der Waals surface area contributed by atoms with Crippen molar-refractivity contribution in [3.05, 3.63) is 99.6 Å². The van der Waals surface area contributed by atoms with Gasteiger partial charge in [0.05, 0.1) is 22.6 Å². The highest BCUT2D eigenvalue weighted by Gasteiger charge is 2.16. The van der Waals surface area contributed by atoms with E-state index >= 15 is 4.39 Å². The van der Waals surface area contributed by atoms with Gasteiger partial charge in [-0.3, -0.25) is 14.5 Å². The van der Waals surface area contributed by atoms with E-state index in [-0.39, 0.29) is 17.0 Å². The number of aromatic amines is 1. The minimum atomic E-state index is -0.511.